The van der Waals surface area contributed by atoms with Crippen molar-refractivity contribution in [2.75, 3.05) is 13.1 Å². The van der Waals surface area contributed by atoms with Gasteiger partial charge in [-0.1, -0.05) is 48.0 Å². The lowest BCUT2D eigenvalue weighted by atomic mass is 9.98. The molecule has 0 atom stereocenters. The van der Waals surface area contributed by atoms with Gasteiger partial charge in [0.25, 0.3) is 5.91 Å². The smallest absolute Gasteiger partial charge is 0.254 e. The fourth-order valence-corrected chi connectivity index (χ4v) is 3.40. The van der Waals surface area contributed by atoms with Gasteiger partial charge in [-0.3, -0.25) is 9.48 Å². The summed E-state index contributed by atoms with van der Waals surface area (Å²) in [7, 11) is 0. The molecule has 2 heterocycles. The zero-order valence-electron chi connectivity index (χ0n) is 15.5. The molecule has 1 aromatic heterocycles. The van der Waals surface area contributed by atoms with Gasteiger partial charge in [-0.15, -0.1) is 0 Å². The molecule has 0 fully saturated rings. The van der Waals surface area contributed by atoms with Gasteiger partial charge in [0.2, 0.25) is 0 Å². The Morgan fingerprint density at radius 3 is 2.48 bits per heavy atom. The van der Waals surface area contributed by atoms with E-state index in [9.17, 15) is 4.79 Å². The standard InChI is InChI=1S/C23H23N3O/c1-18-3-7-20(8-4-18)21-11-15-25(16-12-21)23(27)22-9-5-19(6-10-22)17-26-14-2-13-24-26/h2-11,13-14H,12,15-17H2,1H3. The number of nitrogens with zero attached hydrogens (tertiary/aromatic N) is 3. The Hall–Kier alpha value is -3.14. The highest BCUT2D eigenvalue weighted by Crippen LogP contribution is 2.23. The molecule has 2 aromatic carbocycles. The third-order valence-electron chi connectivity index (χ3n) is 5.02. The Morgan fingerprint density at radius 2 is 1.85 bits per heavy atom. The van der Waals surface area contributed by atoms with E-state index in [1.807, 2.05) is 46.1 Å². The van der Waals surface area contributed by atoms with Crippen LogP contribution < -0.4 is 0 Å². The van der Waals surface area contributed by atoms with Crippen LogP contribution in [0.15, 0.2) is 73.1 Å². The highest BCUT2D eigenvalue weighted by Gasteiger charge is 2.19. The van der Waals surface area contributed by atoms with Crippen molar-refractivity contribution in [2.24, 2.45) is 0 Å². The second-order valence-corrected chi connectivity index (χ2v) is 7.00. The first-order valence-corrected chi connectivity index (χ1v) is 9.31. The number of benzene rings is 2. The van der Waals surface area contributed by atoms with Gasteiger partial charge in [0.05, 0.1) is 6.54 Å². The van der Waals surface area contributed by atoms with Crippen molar-refractivity contribution < 1.29 is 4.79 Å². The van der Waals surface area contributed by atoms with Crippen LogP contribution in [0.5, 0.6) is 0 Å². The fraction of sp³-hybridized carbons (Fsp3) is 0.217. The number of carbonyl (C=O) groups is 1. The normalized spacial score (nSPS) is 14.1. The maximum atomic E-state index is 12.8. The minimum Gasteiger partial charge on any atom is -0.335 e. The summed E-state index contributed by atoms with van der Waals surface area (Å²) in [5.74, 6) is 0.0971. The molecule has 1 amide bonds. The summed E-state index contributed by atoms with van der Waals surface area (Å²) in [6.45, 7) is 4.23. The van der Waals surface area contributed by atoms with E-state index < -0.39 is 0 Å². The number of hydrogen-bond acceptors (Lipinski definition) is 2. The van der Waals surface area contributed by atoms with E-state index in [2.05, 4.69) is 42.4 Å². The van der Waals surface area contributed by atoms with Gasteiger partial charge in [-0.2, -0.15) is 5.10 Å². The quantitative estimate of drug-likeness (QED) is 0.703. The lowest BCUT2D eigenvalue weighted by molar-refractivity contribution is 0.0773. The Morgan fingerprint density at radius 1 is 1.07 bits per heavy atom. The molecule has 0 bridgehead atoms. The molecule has 0 N–H and O–H groups in total. The van der Waals surface area contributed by atoms with Crippen LogP contribution in [0.4, 0.5) is 0 Å². The van der Waals surface area contributed by atoms with Gasteiger partial charge in [0.1, 0.15) is 0 Å². The molecular weight excluding hydrogens is 334 g/mol. The van der Waals surface area contributed by atoms with Gasteiger partial charge in [0.15, 0.2) is 0 Å². The number of aromatic nitrogens is 2. The summed E-state index contributed by atoms with van der Waals surface area (Å²) in [6.07, 6.45) is 6.78. The molecule has 0 radical (unpaired) electrons. The average molecular weight is 357 g/mol. The highest BCUT2D eigenvalue weighted by molar-refractivity contribution is 5.94. The first kappa shape index (κ1) is 17.3. The van der Waals surface area contributed by atoms with Gasteiger partial charge in [-0.05, 0) is 48.2 Å². The summed E-state index contributed by atoms with van der Waals surface area (Å²) >= 11 is 0. The lowest BCUT2D eigenvalue weighted by Crippen LogP contribution is -2.34. The molecule has 27 heavy (non-hydrogen) atoms. The Balaban J connectivity index is 1.40. The maximum absolute atomic E-state index is 12.8. The van der Waals surface area contributed by atoms with Crippen molar-refractivity contribution in [3.05, 3.63) is 95.3 Å². The molecule has 136 valence electrons. The molecule has 0 saturated carbocycles. The summed E-state index contributed by atoms with van der Waals surface area (Å²) in [5.41, 5.74) is 5.73. The molecule has 4 heteroatoms. The van der Waals surface area contributed by atoms with Crippen molar-refractivity contribution in [3.63, 3.8) is 0 Å². The number of rotatable bonds is 4. The molecule has 1 aliphatic rings. The van der Waals surface area contributed by atoms with Crippen molar-refractivity contribution in [1.29, 1.82) is 0 Å². The third kappa shape index (κ3) is 4.00. The summed E-state index contributed by atoms with van der Waals surface area (Å²) in [4.78, 5) is 14.7. The van der Waals surface area contributed by atoms with Crippen molar-refractivity contribution in [1.82, 2.24) is 14.7 Å². The van der Waals surface area contributed by atoms with Crippen LogP contribution in [0.25, 0.3) is 5.57 Å². The van der Waals surface area contributed by atoms with E-state index in [1.165, 1.54) is 16.7 Å². The average Bonchev–Trinajstić information content (AvgIpc) is 3.22. The zero-order valence-corrected chi connectivity index (χ0v) is 15.5. The predicted molar refractivity (Wildman–Crippen MR) is 107 cm³/mol. The van der Waals surface area contributed by atoms with Crippen molar-refractivity contribution >= 4 is 11.5 Å². The lowest BCUT2D eigenvalue weighted by Gasteiger charge is -2.27. The van der Waals surface area contributed by atoms with Crippen LogP contribution in [0.3, 0.4) is 0 Å². The summed E-state index contributed by atoms with van der Waals surface area (Å²) < 4.78 is 1.87. The number of aryl methyl sites for hydroxylation is 1. The first-order valence-electron chi connectivity index (χ1n) is 9.31. The van der Waals surface area contributed by atoms with Crippen LogP contribution in [0, 0.1) is 6.92 Å². The number of carbonyl (C=O) groups excluding carboxylic acids is 1. The van der Waals surface area contributed by atoms with Gasteiger partial charge in [0, 0.05) is 31.0 Å². The Labute approximate surface area is 159 Å². The summed E-state index contributed by atoms with van der Waals surface area (Å²) in [6, 6.07) is 18.4. The highest BCUT2D eigenvalue weighted by atomic mass is 16.2. The minimum atomic E-state index is 0.0971. The Kier molecular flexibility index (Phi) is 4.88. The van der Waals surface area contributed by atoms with Crippen LogP contribution >= 0.6 is 0 Å². The van der Waals surface area contributed by atoms with Crippen LogP contribution in [-0.4, -0.2) is 33.7 Å². The van der Waals surface area contributed by atoms with Gasteiger partial charge < -0.3 is 4.90 Å². The molecular formula is C23H23N3O. The first-order chi connectivity index (χ1) is 13.2. The van der Waals surface area contributed by atoms with Crippen LogP contribution in [0.2, 0.25) is 0 Å². The van der Waals surface area contributed by atoms with E-state index in [0.29, 0.717) is 13.1 Å². The molecule has 0 aliphatic carbocycles. The molecule has 0 spiro atoms. The molecule has 4 nitrogen and oxygen atoms in total. The SMILES string of the molecule is Cc1ccc(C2=CCN(C(=O)c3ccc(Cn4cccn4)cc3)CC2)cc1. The van der Waals surface area contributed by atoms with Crippen molar-refractivity contribution in [2.45, 2.75) is 19.9 Å². The van der Waals surface area contributed by atoms with Gasteiger partial charge in [-0.25, -0.2) is 0 Å². The van der Waals surface area contributed by atoms with Crippen LogP contribution in [-0.2, 0) is 6.54 Å². The number of hydrogen-bond donors (Lipinski definition) is 0. The van der Waals surface area contributed by atoms with Gasteiger partial charge >= 0.3 is 0 Å². The molecule has 0 saturated heterocycles. The monoisotopic (exact) mass is 357 g/mol. The number of amides is 1. The fourth-order valence-electron chi connectivity index (χ4n) is 3.40. The molecule has 1 aliphatic heterocycles. The second-order valence-electron chi connectivity index (χ2n) is 7.00. The van der Waals surface area contributed by atoms with E-state index in [0.717, 1.165) is 24.1 Å². The maximum Gasteiger partial charge on any atom is 0.254 e. The third-order valence-corrected chi connectivity index (χ3v) is 5.02. The summed E-state index contributed by atoms with van der Waals surface area (Å²) in [5, 5.41) is 4.21. The minimum absolute atomic E-state index is 0.0971. The molecule has 4 rings (SSSR count). The van der Waals surface area contributed by atoms with E-state index >= 15 is 0 Å². The van der Waals surface area contributed by atoms with E-state index in [4.69, 9.17) is 0 Å². The van der Waals surface area contributed by atoms with Crippen molar-refractivity contribution in [3.8, 4) is 0 Å². The molecule has 3 aromatic rings. The largest absolute Gasteiger partial charge is 0.335 e. The zero-order chi connectivity index (χ0) is 18.6. The predicted octanol–water partition coefficient (Wildman–Crippen LogP) is 4.17. The second kappa shape index (κ2) is 7.62. The molecule has 0 unspecified atom stereocenters. The Bertz CT molecular complexity index is 938. The van der Waals surface area contributed by atoms with E-state index in [1.54, 1.807) is 6.20 Å². The topological polar surface area (TPSA) is 38.1 Å². The van der Waals surface area contributed by atoms with E-state index in [-0.39, 0.29) is 5.91 Å². The van der Waals surface area contributed by atoms with Crippen LogP contribution in [0.1, 0.15) is 33.5 Å².